The molecule has 0 aliphatic rings. The van der Waals surface area contributed by atoms with Gasteiger partial charge in [0.05, 0.1) is 33.0 Å². The van der Waals surface area contributed by atoms with Crippen LogP contribution in [0.15, 0.2) is 70.0 Å². The van der Waals surface area contributed by atoms with E-state index in [2.05, 4.69) is 21.0 Å². The molecule has 0 bridgehead atoms. The van der Waals surface area contributed by atoms with Crippen molar-refractivity contribution in [2.45, 2.75) is 39.2 Å². The molecule has 5 aromatic rings. The number of fused-ring (bicyclic) bond motifs is 1. The van der Waals surface area contributed by atoms with Crippen molar-refractivity contribution in [3.05, 3.63) is 92.3 Å². The highest BCUT2D eigenvalue weighted by Gasteiger charge is 2.24. The summed E-state index contributed by atoms with van der Waals surface area (Å²) in [5.74, 6) is 2.60. The number of ether oxygens (including phenoxy) is 3. The van der Waals surface area contributed by atoms with Crippen molar-refractivity contribution >= 4 is 51.8 Å². The smallest absolute Gasteiger partial charge is 0.442 e. The van der Waals surface area contributed by atoms with Gasteiger partial charge in [-0.25, -0.2) is 19.6 Å². The fraction of sp³-hybridized carbons (Fsp3) is 0.219. The molecule has 238 valence electrons. The van der Waals surface area contributed by atoms with E-state index in [4.69, 9.17) is 65.0 Å². The third kappa shape index (κ3) is 8.69. The molecule has 1 atom stereocenters. The number of hydrogen-bond donors (Lipinski definition) is 1. The fourth-order valence-electron chi connectivity index (χ4n) is 3.62. The van der Waals surface area contributed by atoms with Crippen LogP contribution in [0.5, 0.6) is 23.1 Å². The number of carboxylic acid groups (broad SMARTS) is 1. The van der Waals surface area contributed by atoms with Crippen LogP contribution < -0.4 is 20.0 Å². The van der Waals surface area contributed by atoms with E-state index in [1.54, 1.807) is 42.5 Å². The van der Waals surface area contributed by atoms with Crippen LogP contribution in [0.1, 0.15) is 33.6 Å². The van der Waals surface area contributed by atoms with E-state index < -0.39 is 23.2 Å². The van der Waals surface area contributed by atoms with E-state index in [0.717, 1.165) is 4.68 Å². The Morgan fingerprint density at radius 3 is 2.37 bits per heavy atom. The van der Waals surface area contributed by atoms with Crippen LogP contribution in [-0.2, 0) is 10.2 Å². The van der Waals surface area contributed by atoms with E-state index in [0.29, 0.717) is 50.8 Å². The average Bonchev–Trinajstić information content (AvgIpc) is 3.40. The van der Waals surface area contributed by atoms with Crippen molar-refractivity contribution in [3.63, 3.8) is 0 Å². The third-order valence-electron chi connectivity index (χ3n) is 5.92. The maximum Gasteiger partial charge on any atom is 0.442 e. The first-order chi connectivity index (χ1) is 21.7. The van der Waals surface area contributed by atoms with Gasteiger partial charge in [0.1, 0.15) is 23.9 Å². The Balaban J connectivity index is 0.000000210. The molecule has 2 heterocycles. The zero-order valence-electron chi connectivity index (χ0n) is 25.0. The fourth-order valence-corrected chi connectivity index (χ4v) is 4.31. The van der Waals surface area contributed by atoms with Gasteiger partial charge < -0.3 is 23.7 Å². The van der Waals surface area contributed by atoms with Crippen molar-refractivity contribution in [2.24, 2.45) is 0 Å². The van der Waals surface area contributed by atoms with Gasteiger partial charge in [0, 0.05) is 16.5 Å². The lowest BCUT2D eigenvalue weighted by Gasteiger charge is -2.11. The number of aliphatic carboxylic acids is 1. The van der Waals surface area contributed by atoms with Crippen molar-refractivity contribution in [3.8, 4) is 41.2 Å². The summed E-state index contributed by atoms with van der Waals surface area (Å²) in [6, 6.07) is 14.8. The first-order valence-corrected chi connectivity index (χ1v) is 14.6. The topological polar surface area (TPSA) is 139 Å². The van der Waals surface area contributed by atoms with E-state index in [9.17, 15) is 9.59 Å². The minimum atomic E-state index is -1.03. The second-order valence-electron chi connectivity index (χ2n) is 10.6. The standard InChI is InChI=1S/C17H13ClN2O4.C15H14Cl2N2O3/c1-10(17(21)22)23-12-3-5-13(6-4-12)24-16-9-19-15-8-11(18)2-7-14(15)20-16;1-5-6-21-12-8-11(9(16)7-10(12)17)19-14(20)22-13(18-19)15(2,3)4/h2-10H,1H3,(H,21,22);1,7-8H,6H2,2-4H3. The molecular weight excluding hydrogens is 659 g/mol. The largest absolute Gasteiger partial charge is 0.479 e. The molecule has 0 spiro atoms. The molecule has 0 aliphatic carbocycles. The number of carboxylic acids is 1. The summed E-state index contributed by atoms with van der Waals surface area (Å²) in [4.78, 5) is 31.4. The lowest BCUT2D eigenvalue weighted by atomic mass is 9.97. The molecule has 14 heteroatoms. The van der Waals surface area contributed by atoms with Crippen molar-refractivity contribution < 1.29 is 28.5 Å². The SMILES string of the molecule is C#CCOc1cc(-n2nc(C(C)(C)C)oc2=O)c(Cl)cc1Cl.CC(Oc1ccc(Oc2cnc3cc(Cl)ccc3n2)cc1)C(=O)O. The van der Waals surface area contributed by atoms with Gasteiger partial charge in [-0.15, -0.1) is 11.5 Å². The highest BCUT2D eigenvalue weighted by atomic mass is 35.5. The van der Waals surface area contributed by atoms with Crippen LogP contribution in [0.4, 0.5) is 0 Å². The number of hydrogen-bond acceptors (Lipinski definition) is 9. The summed E-state index contributed by atoms with van der Waals surface area (Å²) in [5, 5.41) is 14.1. The zero-order valence-corrected chi connectivity index (χ0v) is 27.2. The first-order valence-electron chi connectivity index (χ1n) is 13.5. The van der Waals surface area contributed by atoms with Gasteiger partial charge in [-0.2, -0.15) is 4.68 Å². The van der Waals surface area contributed by atoms with Crippen LogP contribution in [0, 0.1) is 12.3 Å². The zero-order chi connectivity index (χ0) is 33.6. The molecule has 11 nitrogen and oxygen atoms in total. The Morgan fingerprint density at radius 1 is 1.04 bits per heavy atom. The quantitative estimate of drug-likeness (QED) is 0.165. The molecule has 1 N–H and O–H groups in total. The van der Waals surface area contributed by atoms with Crippen LogP contribution in [-0.4, -0.2) is 43.5 Å². The Labute approximate surface area is 278 Å². The molecule has 0 radical (unpaired) electrons. The first kappa shape index (κ1) is 34.1. The summed E-state index contributed by atoms with van der Waals surface area (Å²) >= 11 is 18.1. The van der Waals surface area contributed by atoms with Crippen LogP contribution in [0.25, 0.3) is 16.7 Å². The normalized spacial score (nSPS) is 11.6. The minimum Gasteiger partial charge on any atom is -0.479 e. The molecule has 0 fully saturated rings. The highest BCUT2D eigenvalue weighted by Crippen LogP contribution is 2.33. The Kier molecular flexibility index (Phi) is 10.8. The molecule has 0 aliphatic heterocycles. The summed E-state index contributed by atoms with van der Waals surface area (Å²) in [7, 11) is 0. The number of benzene rings is 3. The third-order valence-corrected chi connectivity index (χ3v) is 6.75. The van der Waals surface area contributed by atoms with Crippen molar-refractivity contribution in [1.82, 2.24) is 19.7 Å². The number of terminal acetylenes is 1. The lowest BCUT2D eigenvalue weighted by Crippen LogP contribution is -2.22. The van der Waals surface area contributed by atoms with Crippen LogP contribution >= 0.6 is 34.8 Å². The summed E-state index contributed by atoms with van der Waals surface area (Å²) in [6.07, 6.45) is 5.74. The molecule has 5 rings (SSSR count). The van der Waals surface area contributed by atoms with E-state index in [-0.39, 0.29) is 16.7 Å². The van der Waals surface area contributed by atoms with Gasteiger partial charge in [-0.05, 0) is 55.5 Å². The number of aromatic nitrogens is 4. The maximum absolute atomic E-state index is 12.0. The van der Waals surface area contributed by atoms with Gasteiger partial charge >= 0.3 is 11.7 Å². The van der Waals surface area contributed by atoms with Gasteiger partial charge in [-0.1, -0.05) is 61.5 Å². The van der Waals surface area contributed by atoms with E-state index in [1.165, 1.54) is 25.3 Å². The second-order valence-corrected chi connectivity index (χ2v) is 11.8. The molecule has 3 aromatic carbocycles. The molecule has 0 amide bonds. The summed E-state index contributed by atoms with van der Waals surface area (Å²) in [6.45, 7) is 7.15. The van der Waals surface area contributed by atoms with Gasteiger partial charge in [0.2, 0.25) is 11.8 Å². The van der Waals surface area contributed by atoms with Crippen molar-refractivity contribution in [2.75, 3.05) is 6.61 Å². The van der Waals surface area contributed by atoms with Gasteiger partial charge in [0.15, 0.2) is 6.10 Å². The maximum atomic E-state index is 12.0. The molecular formula is C32H27Cl3N4O7. The summed E-state index contributed by atoms with van der Waals surface area (Å²) in [5.41, 5.74) is 1.25. The highest BCUT2D eigenvalue weighted by molar-refractivity contribution is 6.36. The lowest BCUT2D eigenvalue weighted by molar-refractivity contribution is -0.144. The number of nitrogens with zero attached hydrogens (tertiary/aromatic N) is 4. The monoisotopic (exact) mass is 684 g/mol. The molecule has 1 unspecified atom stereocenters. The Hall–Kier alpha value is -4.76. The van der Waals surface area contributed by atoms with Gasteiger partial charge in [0.25, 0.3) is 0 Å². The molecule has 0 saturated heterocycles. The predicted octanol–water partition coefficient (Wildman–Crippen LogP) is 7.37. The predicted molar refractivity (Wildman–Crippen MR) is 174 cm³/mol. The average molecular weight is 686 g/mol. The van der Waals surface area contributed by atoms with E-state index in [1.807, 2.05) is 20.8 Å². The molecule has 46 heavy (non-hydrogen) atoms. The minimum absolute atomic E-state index is 0.0434. The molecule has 0 saturated carbocycles. The Morgan fingerprint density at radius 2 is 1.74 bits per heavy atom. The van der Waals surface area contributed by atoms with Crippen LogP contribution in [0.2, 0.25) is 15.1 Å². The molecule has 2 aromatic heterocycles. The second kappa shape index (κ2) is 14.6. The van der Waals surface area contributed by atoms with E-state index >= 15 is 0 Å². The van der Waals surface area contributed by atoms with Gasteiger partial charge in [-0.3, -0.25) is 0 Å². The Bertz CT molecular complexity index is 1960. The van der Waals surface area contributed by atoms with Crippen LogP contribution in [0.3, 0.4) is 0 Å². The van der Waals surface area contributed by atoms with Crippen molar-refractivity contribution in [1.29, 1.82) is 0 Å². The number of rotatable bonds is 8. The summed E-state index contributed by atoms with van der Waals surface area (Å²) < 4.78 is 22.5. The number of carbonyl (C=O) groups is 1. The number of halogens is 3.